The van der Waals surface area contributed by atoms with Gasteiger partial charge in [0.25, 0.3) is 0 Å². The van der Waals surface area contributed by atoms with Crippen LogP contribution in [0.4, 0.5) is 0 Å². The van der Waals surface area contributed by atoms with Crippen molar-refractivity contribution in [2.24, 2.45) is 7.05 Å². The monoisotopic (exact) mass is 223 g/mol. The minimum absolute atomic E-state index is 0.338. The van der Waals surface area contributed by atoms with Gasteiger partial charge in [-0.25, -0.2) is 0 Å². The topological polar surface area (TPSA) is 30.3 Å². The molecule has 0 bridgehead atoms. The van der Waals surface area contributed by atoms with Crippen molar-refractivity contribution in [2.45, 2.75) is 38.8 Å². The second-order valence-corrected chi connectivity index (χ2v) is 4.77. The van der Waals surface area contributed by atoms with Crippen LogP contribution in [-0.2, 0) is 7.05 Å². The van der Waals surface area contributed by atoms with Crippen LogP contribution in [0.2, 0.25) is 0 Å². The zero-order valence-corrected chi connectivity index (χ0v) is 10.4. The van der Waals surface area contributed by atoms with E-state index in [9.17, 15) is 0 Å². The number of rotatable bonds is 3. The Hall–Kier alpha value is -1.03. The molecule has 1 aliphatic rings. The zero-order chi connectivity index (χ0) is 11.5. The highest BCUT2D eigenvalue weighted by atomic mass is 16.5. The second kappa shape index (κ2) is 4.87. The summed E-state index contributed by atoms with van der Waals surface area (Å²) >= 11 is 0. The molecule has 16 heavy (non-hydrogen) atoms. The normalized spacial score (nSPS) is 19.2. The Balaban J connectivity index is 1.81. The van der Waals surface area contributed by atoms with Crippen LogP contribution in [0.1, 0.15) is 26.7 Å². The van der Waals surface area contributed by atoms with Gasteiger partial charge in [0.15, 0.2) is 0 Å². The van der Waals surface area contributed by atoms with Gasteiger partial charge in [-0.15, -0.1) is 5.10 Å². The van der Waals surface area contributed by atoms with Crippen molar-refractivity contribution in [3.8, 4) is 5.88 Å². The van der Waals surface area contributed by atoms with Crippen molar-refractivity contribution in [3.63, 3.8) is 0 Å². The Morgan fingerprint density at radius 2 is 2.06 bits per heavy atom. The van der Waals surface area contributed by atoms with E-state index < -0.39 is 0 Å². The molecule has 4 heteroatoms. The van der Waals surface area contributed by atoms with Gasteiger partial charge in [-0.2, -0.15) is 0 Å². The Morgan fingerprint density at radius 3 is 2.56 bits per heavy atom. The van der Waals surface area contributed by atoms with E-state index in [1.165, 1.54) is 0 Å². The van der Waals surface area contributed by atoms with Gasteiger partial charge in [-0.3, -0.25) is 4.68 Å². The molecule has 2 heterocycles. The number of piperidine rings is 1. The number of likely N-dealkylation sites (tertiary alicyclic amines) is 1. The number of hydrogen-bond donors (Lipinski definition) is 0. The van der Waals surface area contributed by atoms with Crippen molar-refractivity contribution in [1.82, 2.24) is 14.7 Å². The first-order chi connectivity index (χ1) is 7.65. The molecule has 1 fully saturated rings. The van der Waals surface area contributed by atoms with Crippen molar-refractivity contribution < 1.29 is 4.74 Å². The Bertz CT molecular complexity index is 327. The number of ether oxygens (including phenoxy) is 1. The van der Waals surface area contributed by atoms with Crippen LogP contribution in [0.25, 0.3) is 0 Å². The van der Waals surface area contributed by atoms with Gasteiger partial charge in [-0.05, 0) is 26.7 Å². The summed E-state index contributed by atoms with van der Waals surface area (Å²) in [7, 11) is 1.91. The summed E-state index contributed by atoms with van der Waals surface area (Å²) in [5, 5.41) is 4.24. The Kier molecular flexibility index (Phi) is 3.49. The summed E-state index contributed by atoms with van der Waals surface area (Å²) in [4.78, 5) is 2.50. The Labute approximate surface area is 97.2 Å². The highest BCUT2D eigenvalue weighted by Crippen LogP contribution is 2.18. The van der Waals surface area contributed by atoms with Gasteiger partial charge in [0.1, 0.15) is 6.10 Å². The van der Waals surface area contributed by atoms with Gasteiger partial charge in [0.05, 0.1) is 0 Å². The third-order valence-corrected chi connectivity index (χ3v) is 3.18. The molecule has 0 aliphatic carbocycles. The Morgan fingerprint density at radius 1 is 1.38 bits per heavy atom. The molecule has 2 rings (SSSR count). The summed E-state index contributed by atoms with van der Waals surface area (Å²) in [5.74, 6) is 0.755. The van der Waals surface area contributed by atoms with Gasteiger partial charge in [-0.1, -0.05) is 0 Å². The lowest BCUT2D eigenvalue weighted by molar-refractivity contribution is 0.0808. The first kappa shape index (κ1) is 11.5. The molecule has 0 aromatic carbocycles. The molecule has 0 spiro atoms. The predicted molar refractivity (Wildman–Crippen MR) is 63.6 cm³/mol. The summed E-state index contributed by atoms with van der Waals surface area (Å²) in [6.07, 6.45) is 4.46. The van der Waals surface area contributed by atoms with Gasteiger partial charge in [0, 0.05) is 38.4 Å². The third-order valence-electron chi connectivity index (χ3n) is 3.18. The van der Waals surface area contributed by atoms with Crippen LogP contribution in [-0.4, -0.2) is 39.9 Å². The van der Waals surface area contributed by atoms with Crippen molar-refractivity contribution in [1.29, 1.82) is 0 Å². The summed E-state index contributed by atoms with van der Waals surface area (Å²) in [6, 6.07) is 2.57. The zero-order valence-electron chi connectivity index (χ0n) is 10.4. The van der Waals surface area contributed by atoms with Gasteiger partial charge >= 0.3 is 0 Å². The quantitative estimate of drug-likeness (QED) is 0.781. The van der Waals surface area contributed by atoms with Crippen LogP contribution < -0.4 is 4.74 Å². The fourth-order valence-corrected chi connectivity index (χ4v) is 2.14. The number of aromatic nitrogens is 2. The lowest BCUT2D eigenvalue weighted by Crippen LogP contribution is -2.41. The maximum Gasteiger partial charge on any atom is 0.232 e. The summed E-state index contributed by atoms with van der Waals surface area (Å²) in [5.41, 5.74) is 0. The highest BCUT2D eigenvalue weighted by molar-refractivity contribution is 5.06. The lowest BCUT2D eigenvalue weighted by Gasteiger charge is -2.34. The van der Waals surface area contributed by atoms with E-state index in [2.05, 4.69) is 23.8 Å². The third kappa shape index (κ3) is 2.76. The molecule has 0 amide bonds. The maximum absolute atomic E-state index is 5.85. The van der Waals surface area contributed by atoms with Crippen molar-refractivity contribution in [2.75, 3.05) is 13.1 Å². The number of aryl methyl sites for hydroxylation is 1. The van der Waals surface area contributed by atoms with Crippen molar-refractivity contribution >= 4 is 0 Å². The molecular weight excluding hydrogens is 202 g/mol. The van der Waals surface area contributed by atoms with Crippen LogP contribution in [0.15, 0.2) is 12.3 Å². The van der Waals surface area contributed by atoms with Crippen LogP contribution >= 0.6 is 0 Å². The smallest absolute Gasteiger partial charge is 0.232 e. The maximum atomic E-state index is 5.85. The molecule has 0 saturated carbocycles. The van der Waals surface area contributed by atoms with Gasteiger partial charge < -0.3 is 9.64 Å². The molecule has 0 radical (unpaired) electrons. The minimum Gasteiger partial charge on any atom is -0.473 e. The molecule has 0 unspecified atom stereocenters. The number of hydrogen-bond acceptors (Lipinski definition) is 3. The SMILES string of the molecule is CC(C)N1CCC(Oc2ccn(C)n2)CC1. The number of nitrogens with zero attached hydrogens (tertiary/aromatic N) is 3. The molecule has 4 nitrogen and oxygen atoms in total. The minimum atomic E-state index is 0.338. The predicted octanol–water partition coefficient (Wildman–Crippen LogP) is 1.67. The molecule has 1 saturated heterocycles. The second-order valence-electron chi connectivity index (χ2n) is 4.77. The standard InChI is InChI=1S/C12H21N3O/c1-10(2)15-8-4-11(5-9-15)16-12-6-7-14(3)13-12/h6-7,10-11H,4-5,8-9H2,1-3H3. The average molecular weight is 223 g/mol. The average Bonchev–Trinajstić information content (AvgIpc) is 2.65. The molecule has 1 aromatic heterocycles. The van der Waals surface area contributed by atoms with Crippen molar-refractivity contribution in [3.05, 3.63) is 12.3 Å². The molecule has 1 aliphatic heterocycles. The first-order valence-corrected chi connectivity index (χ1v) is 6.05. The molecule has 1 aromatic rings. The largest absolute Gasteiger partial charge is 0.473 e. The summed E-state index contributed by atoms with van der Waals surface area (Å²) < 4.78 is 7.62. The molecule has 90 valence electrons. The first-order valence-electron chi connectivity index (χ1n) is 6.05. The van der Waals surface area contributed by atoms with E-state index in [-0.39, 0.29) is 0 Å². The van der Waals surface area contributed by atoms with Crippen LogP contribution in [0.3, 0.4) is 0 Å². The van der Waals surface area contributed by atoms with Crippen LogP contribution in [0.5, 0.6) is 5.88 Å². The van der Waals surface area contributed by atoms with E-state index in [1.807, 2.05) is 19.3 Å². The van der Waals surface area contributed by atoms with E-state index in [0.29, 0.717) is 12.1 Å². The van der Waals surface area contributed by atoms with E-state index >= 15 is 0 Å². The lowest BCUT2D eigenvalue weighted by atomic mass is 10.1. The van der Waals surface area contributed by atoms with E-state index in [4.69, 9.17) is 4.74 Å². The summed E-state index contributed by atoms with van der Waals surface area (Å²) in [6.45, 7) is 6.77. The van der Waals surface area contributed by atoms with E-state index in [0.717, 1.165) is 31.8 Å². The fraction of sp³-hybridized carbons (Fsp3) is 0.750. The van der Waals surface area contributed by atoms with Gasteiger partial charge in [0.2, 0.25) is 5.88 Å². The molecular formula is C12H21N3O. The van der Waals surface area contributed by atoms with E-state index in [1.54, 1.807) is 4.68 Å². The highest BCUT2D eigenvalue weighted by Gasteiger charge is 2.22. The fourth-order valence-electron chi connectivity index (χ4n) is 2.14. The molecule has 0 N–H and O–H groups in total. The van der Waals surface area contributed by atoms with Crippen LogP contribution in [0, 0.1) is 0 Å². The molecule has 0 atom stereocenters.